The minimum absolute atomic E-state index is 0.0459. The van der Waals surface area contributed by atoms with Gasteiger partial charge in [-0.3, -0.25) is 4.79 Å². The third-order valence-corrected chi connectivity index (χ3v) is 5.55. The van der Waals surface area contributed by atoms with E-state index in [1.165, 1.54) is 0 Å². The molecule has 3 nitrogen and oxygen atoms in total. The molecule has 0 aliphatic rings. The van der Waals surface area contributed by atoms with Gasteiger partial charge in [0.2, 0.25) is 0 Å². The molecule has 0 spiro atoms. The van der Waals surface area contributed by atoms with Crippen LogP contribution in [0.4, 0.5) is 0 Å². The molecule has 0 fully saturated rings. The number of halogens is 2. The number of carbonyl (C=O) groups is 1. The van der Waals surface area contributed by atoms with E-state index >= 15 is 0 Å². The van der Waals surface area contributed by atoms with Gasteiger partial charge in [-0.1, -0.05) is 54.4 Å². The van der Waals surface area contributed by atoms with Crippen LogP contribution in [0.3, 0.4) is 0 Å². The van der Waals surface area contributed by atoms with Crippen LogP contribution in [0.2, 0.25) is 10.0 Å². The van der Waals surface area contributed by atoms with E-state index in [4.69, 9.17) is 23.2 Å². The Bertz CT molecular complexity index is 951. The minimum atomic E-state index is -0.0459. The van der Waals surface area contributed by atoms with E-state index < -0.39 is 0 Å². The van der Waals surface area contributed by atoms with Gasteiger partial charge in [0.15, 0.2) is 0 Å². The van der Waals surface area contributed by atoms with Crippen LogP contribution in [0.5, 0.6) is 0 Å². The third-order valence-electron chi connectivity index (χ3n) is 4.99. The van der Waals surface area contributed by atoms with Crippen LogP contribution in [0, 0.1) is 0 Å². The van der Waals surface area contributed by atoms with Gasteiger partial charge >= 0.3 is 0 Å². The molecule has 1 atom stereocenters. The lowest BCUT2D eigenvalue weighted by Crippen LogP contribution is -2.38. The molecule has 0 aliphatic carbocycles. The molecule has 0 saturated heterocycles. The van der Waals surface area contributed by atoms with E-state index in [1.807, 2.05) is 47.5 Å². The highest BCUT2D eigenvalue weighted by atomic mass is 35.5. The maximum atomic E-state index is 13.2. The lowest BCUT2D eigenvalue weighted by Gasteiger charge is -2.29. The van der Waals surface area contributed by atoms with Crippen molar-refractivity contribution in [3.05, 3.63) is 93.7 Å². The topological polar surface area (TPSA) is 25.2 Å². The first-order valence-corrected chi connectivity index (χ1v) is 10.2. The zero-order chi connectivity index (χ0) is 20.1. The molecule has 1 heterocycles. The summed E-state index contributed by atoms with van der Waals surface area (Å²) in [5, 5.41) is 1.21. The van der Waals surface area contributed by atoms with Crippen molar-refractivity contribution in [3.63, 3.8) is 0 Å². The summed E-state index contributed by atoms with van der Waals surface area (Å²) in [6, 6.07) is 19.2. The maximum Gasteiger partial charge on any atom is 0.255 e. The van der Waals surface area contributed by atoms with Crippen LogP contribution >= 0.6 is 23.2 Å². The first-order valence-electron chi connectivity index (χ1n) is 9.43. The standard InChI is InChI=1S/C23H24Cl2N2O/c1-3-17(2)27(23(28)21-11-4-5-12-22(21)25)16-20-10-7-13-26(20)15-18-8-6-9-19(24)14-18/h4-14,17H,3,15-16H2,1-2H3. The summed E-state index contributed by atoms with van der Waals surface area (Å²) in [5.74, 6) is -0.0459. The SMILES string of the molecule is CCC(C)N(Cc1cccn1Cc1cccc(Cl)c1)C(=O)c1ccccc1Cl. The summed E-state index contributed by atoms with van der Waals surface area (Å²) >= 11 is 12.4. The molecule has 1 unspecified atom stereocenters. The highest BCUT2D eigenvalue weighted by molar-refractivity contribution is 6.33. The molecule has 2 aromatic carbocycles. The van der Waals surface area contributed by atoms with Crippen molar-refractivity contribution in [1.82, 2.24) is 9.47 Å². The Kier molecular flexibility index (Phi) is 6.82. The van der Waals surface area contributed by atoms with Gasteiger partial charge in [-0.2, -0.15) is 0 Å². The molecule has 0 radical (unpaired) electrons. The molecule has 5 heteroatoms. The molecular weight excluding hydrogens is 391 g/mol. The third kappa shape index (κ3) is 4.78. The van der Waals surface area contributed by atoms with Crippen LogP contribution in [0.15, 0.2) is 66.9 Å². The summed E-state index contributed by atoms with van der Waals surface area (Å²) in [5.41, 5.74) is 2.73. The van der Waals surface area contributed by atoms with E-state index in [-0.39, 0.29) is 11.9 Å². The summed E-state index contributed by atoms with van der Waals surface area (Å²) in [6.45, 7) is 5.38. The fourth-order valence-corrected chi connectivity index (χ4v) is 3.62. The van der Waals surface area contributed by atoms with Crippen LogP contribution in [0.1, 0.15) is 41.9 Å². The first-order chi connectivity index (χ1) is 13.5. The second-order valence-electron chi connectivity index (χ2n) is 6.93. The molecule has 1 amide bonds. The lowest BCUT2D eigenvalue weighted by molar-refractivity contribution is 0.0667. The molecule has 28 heavy (non-hydrogen) atoms. The van der Waals surface area contributed by atoms with Crippen LogP contribution < -0.4 is 0 Å². The van der Waals surface area contributed by atoms with Crippen LogP contribution in [-0.4, -0.2) is 21.4 Å². The van der Waals surface area contributed by atoms with Gasteiger partial charge in [0.05, 0.1) is 17.1 Å². The molecule has 0 aliphatic heterocycles. The molecular formula is C23H24Cl2N2O. The first kappa shape index (κ1) is 20.5. The number of amides is 1. The Morgan fingerprint density at radius 1 is 1.07 bits per heavy atom. The van der Waals surface area contributed by atoms with Crippen molar-refractivity contribution in [2.75, 3.05) is 0 Å². The lowest BCUT2D eigenvalue weighted by atomic mass is 10.1. The second kappa shape index (κ2) is 9.31. The van der Waals surface area contributed by atoms with Gasteiger partial charge in [-0.25, -0.2) is 0 Å². The average molecular weight is 415 g/mol. The predicted molar refractivity (Wildman–Crippen MR) is 116 cm³/mol. The number of rotatable bonds is 7. The summed E-state index contributed by atoms with van der Waals surface area (Å²) < 4.78 is 2.15. The summed E-state index contributed by atoms with van der Waals surface area (Å²) in [4.78, 5) is 15.1. The molecule has 0 bridgehead atoms. The largest absolute Gasteiger partial charge is 0.345 e. The zero-order valence-corrected chi connectivity index (χ0v) is 17.6. The minimum Gasteiger partial charge on any atom is -0.345 e. The number of aromatic nitrogens is 1. The van der Waals surface area contributed by atoms with Crippen LogP contribution in [0.25, 0.3) is 0 Å². The van der Waals surface area contributed by atoms with E-state index in [2.05, 4.69) is 30.5 Å². The Morgan fingerprint density at radius 2 is 1.86 bits per heavy atom. The second-order valence-corrected chi connectivity index (χ2v) is 7.77. The van der Waals surface area contributed by atoms with Crippen molar-refractivity contribution < 1.29 is 4.79 Å². The summed E-state index contributed by atoms with van der Waals surface area (Å²) in [7, 11) is 0. The molecule has 0 N–H and O–H groups in total. The molecule has 0 saturated carbocycles. The van der Waals surface area contributed by atoms with E-state index in [1.54, 1.807) is 12.1 Å². The van der Waals surface area contributed by atoms with E-state index in [9.17, 15) is 4.79 Å². The van der Waals surface area contributed by atoms with E-state index in [0.29, 0.717) is 23.7 Å². The number of carbonyl (C=O) groups excluding carboxylic acids is 1. The number of hydrogen-bond donors (Lipinski definition) is 0. The molecule has 3 aromatic rings. The monoisotopic (exact) mass is 414 g/mol. The van der Waals surface area contributed by atoms with Gasteiger partial charge in [0.25, 0.3) is 5.91 Å². The van der Waals surface area contributed by atoms with Crippen molar-refractivity contribution >= 4 is 29.1 Å². The van der Waals surface area contributed by atoms with Crippen molar-refractivity contribution in [1.29, 1.82) is 0 Å². The predicted octanol–water partition coefficient (Wildman–Crippen LogP) is 6.28. The van der Waals surface area contributed by atoms with Crippen LogP contribution in [-0.2, 0) is 13.1 Å². The molecule has 3 rings (SSSR count). The van der Waals surface area contributed by atoms with Gasteiger partial charge in [0.1, 0.15) is 0 Å². The Balaban J connectivity index is 1.86. The highest BCUT2D eigenvalue weighted by Gasteiger charge is 2.23. The Labute approximate surface area is 176 Å². The van der Waals surface area contributed by atoms with Gasteiger partial charge < -0.3 is 9.47 Å². The number of nitrogens with zero attached hydrogens (tertiary/aromatic N) is 2. The van der Waals surface area contributed by atoms with Crippen molar-refractivity contribution in [3.8, 4) is 0 Å². The normalized spacial score (nSPS) is 12.0. The average Bonchev–Trinajstić information content (AvgIpc) is 3.12. The zero-order valence-electron chi connectivity index (χ0n) is 16.1. The molecule has 1 aromatic heterocycles. The van der Waals surface area contributed by atoms with Gasteiger partial charge in [-0.15, -0.1) is 0 Å². The number of hydrogen-bond acceptors (Lipinski definition) is 1. The summed E-state index contributed by atoms with van der Waals surface area (Å²) in [6.07, 6.45) is 2.90. The van der Waals surface area contributed by atoms with Crippen molar-refractivity contribution in [2.24, 2.45) is 0 Å². The van der Waals surface area contributed by atoms with Gasteiger partial charge in [-0.05, 0) is 55.3 Å². The smallest absolute Gasteiger partial charge is 0.255 e. The highest BCUT2D eigenvalue weighted by Crippen LogP contribution is 2.22. The quantitative estimate of drug-likeness (QED) is 0.446. The van der Waals surface area contributed by atoms with E-state index in [0.717, 1.165) is 22.7 Å². The molecule has 146 valence electrons. The fourth-order valence-electron chi connectivity index (χ4n) is 3.19. The Hall–Kier alpha value is -2.23. The van der Waals surface area contributed by atoms with Crippen molar-refractivity contribution in [2.45, 2.75) is 39.4 Å². The maximum absolute atomic E-state index is 13.2. The van der Waals surface area contributed by atoms with Gasteiger partial charge in [0, 0.05) is 29.5 Å². The number of benzene rings is 2. The fraction of sp³-hybridized carbons (Fsp3) is 0.261. The Morgan fingerprint density at radius 3 is 2.57 bits per heavy atom.